The van der Waals surface area contributed by atoms with Gasteiger partial charge in [0.15, 0.2) is 0 Å². The molecule has 0 aliphatic heterocycles. The van der Waals surface area contributed by atoms with Gasteiger partial charge in [0.1, 0.15) is 0 Å². The number of rotatable bonds is 2. The molecular weight excluding hydrogens is 168 g/mol. The van der Waals surface area contributed by atoms with E-state index in [1.165, 1.54) is 17.0 Å². The van der Waals surface area contributed by atoms with Crippen LogP contribution in [0.15, 0.2) is 18.2 Å². The average molecular weight is 182 g/mol. The molecular formula is C11H14Cl. The minimum atomic E-state index is 0.885. The average Bonchev–Trinajstić information content (AvgIpc) is 1.97. The van der Waals surface area contributed by atoms with Gasteiger partial charge in [0.05, 0.1) is 0 Å². The van der Waals surface area contributed by atoms with Crippen molar-refractivity contribution in [2.45, 2.75) is 27.2 Å². The van der Waals surface area contributed by atoms with Crippen molar-refractivity contribution in [1.82, 2.24) is 0 Å². The molecule has 0 spiro atoms. The highest BCUT2D eigenvalue weighted by Crippen LogP contribution is 2.22. The van der Waals surface area contributed by atoms with E-state index in [2.05, 4.69) is 26.8 Å². The molecule has 0 nitrogen and oxygen atoms in total. The van der Waals surface area contributed by atoms with Crippen LogP contribution in [0.3, 0.4) is 0 Å². The third-order valence-corrected chi connectivity index (χ3v) is 2.24. The maximum atomic E-state index is 6.06. The van der Waals surface area contributed by atoms with Gasteiger partial charge >= 0.3 is 0 Å². The van der Waals surface area contributed by atoms with Crippen LogP contribution in [-0.4, -0.2) is 0 Å². The van der Waals surface area contributed by atoms with E-state index in [1.807, 2.05) is 12.1 Å². The van der Waals surface area contributed by atoms with Crippen molar-refractivity contribution in [2.24, 2.45) is 0 Å². The summed E-state index contributed by atoms with van der Waals surface area (Å²) < 4.78 is 0. The fourth-order valence-corrected chi connectivity index (χ4v) is 1.53. The van der Waals surface area contributed by atoms with Gasteiger partial charge in [-0.3, -0.25) is 0 Å². The summed E-state index contributed by atoms with van der Waals surface area (Å²) in [6.45, 7) is 6.36. The SMILES string of the molecule is C[C](C)Cc1c(C)cccc1Cl. The summed E-state index contributed by atoms with van der Waals surface area (Å²) in [5.74, 6) is 1.39. The Morgan fingerprint density at radius 1 is 1.33 bits per heavy atom. The first-order valence-electron chi connectivity index (χ1n) is 4.14. The molecule has 0 aliphatic rings. The Bertz CT molecular complexity index is 243. The van der Waals surface area contributed by atoms with Crippen LogP contribution in [0.25, 0.3) is 0 Å². The Kier molecular flexibility index (Phi) is 3.16. The summed E-state index contributed by atoms with van der Waals surface area (Å²) in [6.07, 6.45) is 0.992. The van der Waals surface area contributed by atoms with Gasteiger partial charge in [-0.25, -0.2) is 0 Å². The Morgan fingerprint density at radius 2 is 2.00 bits per heavy atom. The van der Waals surface area contributed by atoms with Gasteiger partial charge < -0.3 is 0 Å². The first-order chi connectivity index (χ1) is 5.61. The molecule has 0 amide bonds. The van der Waals surface area contributed by atoms with Crippen LogP contribution in [-0.2, 0) is 6.42 Å². The number of hydrogen-bond donors (Lipinski definition) is 0. The first-order valence-corrected chi connectivity index (χ1v) is 4.52. The predicted octanol–water partition coefficient (Wildman–Crippen LogP) is 3.81. The molecule has 0 fully saturated rings. The molecule has 0 aliphatic carbocycles. The zero-order chi connectivity index (χ0) is 9.14. The number of hydrogen-bond acceptors (Lipinski definition) is 0. The van der Waals surface area contributed by atoms with E-state index in [9.17, 15) is 0 Å². The van der Waals surface area contributed by atoms with E-state index in [0.29, 0.717) is 0 Å². The third-order valence-electron chi connectivity index (χ3n) is 1.88. The molecule has 1 aromatic rings. The van der Waals surface area contributed by atoms with Gasteiger partial charge in [-0.2, -0.15) is 0 Å². The van der Waals surface area contributed by atoms with Crippen LogP contribution in [0.4, 0.5) is 0 Å². The highest BCUT2D eigenvalue weighted by Gasteiger charge is 2.05. The summed E-state index contributed by atoms with van der Waals surface area (Å²) in [5, 5.41) is 0.885. The van der Waals surface area contributed by atoms with Crippen molar-refractivity contribution in [3.05, 3.63) is 40.3 Å². The summed E-state index contributed by atoms with van der Waals surface area (Å²) >= 11 is 6.06. The predicted molar refractivity (Wildman–Crippen MR) is 54.5 cm³/mol. The normalized spacial score (nSPS) is 10.8. The van der Waals surface area contributed by atoms with E-state index < -0.39 is 0 Å². The highest BCUT2D eigenvalue weighted by atomic mass is 35.5. The van der Waals surface area contributed by atoms with Crippen LogP contribution < -0.4 is 0 Å². The van der Waals surface area contributed by atoms with Crippen molar-refractivity contribution in [2.75, 3.05) is 0 Å². The molecule has 65 valence electrons. The van der Waals surface area contributed by atoms with Crippen LogP contribution in [0.5, 0.6) is 0 Å². The lowest BCUT2D eigenvalue weighted by atomic mass is 9.99. The third kappa shape index (κ3) is 2.25. The van der Waals surface area contributed by atoms with Gasteiger partial charge in [0, 0.05) is 5.02 Å². The highest BCUT2D eigenvalue weighted by molar-refractivity contribution is 6.31. The summed E-state index contributed by atoms with van der Waals surface area (Å²) in [6, 6.07) is 6.04. The first kappa shape index (κ1) is 9.60. The van der Waals surface area contributed by atoms with E-state index in [-0.39, 0.29) is 0 Å². The molecule has 0 atom stereocenters. The van der Waals surface area contributed by atoms with Gasteiger partial charge in [0.2, 0.25) is 0 Å². The minimum absolute atomic E-state index is 0.885. The van der Waals surface area contributed by atoms with Crippen molar-refractivity contribution < 1.29 is 0 Å². The number of benzene rings is 1. The molecule has 0 bridgehead atoms. The van der Waals surface area contributed by atoms with Gasteiger partial charge in [0.25, 0.3) is 0 Å². The molecule has 0 heterocycles. The molecule has 1 aromatic carbocycles. The molecule has 1 rings (SSSR count). The van der Waals surface area contributed by atoms with E-state index in [0.717, 1.165) is 11.4 Å². The lowest BCUT2D eigenvalue weighted by Gasteiger charge is -2.09. The molecule has 0 aromatic heterocycles. The largest absolute Gasteiger partial charge is 0.0840 e. The molecule has 0 N–H and O–H groups in total. The Hall–Kier alpha value is -0.490. The smallest absolute Gasteiger partial charge is 0.0440 e. The second-order valence-corrected chi connectivity index (χ2v) is 3.83. The molecule has 0 saturated heterocycles. The van der Waals surface area contributed by atoms with Crippen molar-refractivity contribution in [3.8, 4) is 0 Å². The molecule has 1 radical (unpaired) electrons. The van der Waals surface area contributed by atoms with Crippen molar-refractivity contribution in [1.29, 1.82) is 0 Å². The Morgan fingerprint density at radius 3 is 2.50 bits per heavy atom. The quantitative estimate of drug-likeness (QED) is 0.651. The molecule has 12 heavy (non-hydrogen) atoms. The van der Waals surface area contributed by atoms with Crippen LogP contribution in [0, 0.1) is 12.8 Å². The Labute approximate surface area is 79.6 Å². The fourth-order valence-electron chi connectivity index (χ4n) is 1.24. The number of halogens is 1. The topological polar surface area (TPSA) is 0 Å². The van der Waals surface area contributed by atoms with Crippen LogP contribution in [0.2, 0.25) is 5.02 Å². The van der Waals surface area contributed by atoms with E-state index >= 15 is 0 Å². The second-order valence-electron chi connectivity index (χ2n) is 3.42. The van der Waals surface area contributed by atoms with Gasteiger partial charge in [-0.05, 0) is 36.5 Å². The van der Waals surface area contributed by atoms with E-state index in [1.54, 1.807) is 0 Å². The zero-order valence-corrected chi connectivity index (χ0v) is 8.57. The lowest BCUT2D eigenvalue weighted by Crippen LogP contribution is -1.95. The van der Waals surface area contributed by atoms with Crippen molar-refractivity contribution >= 4 is 11.6 Å². The maximum Gasteiger partial charge on any atom is 0.0440 e. The second kappa shape index (κ2) is 3.95. The van der Waals surface area contributed by atoms with E-state index in [4.69, 9.17) is 11.6 Å². The van der Waals surface area contributed by atoms with Gasteiger partial charge in [-0.15, -0.1) is 0 Å². The molecule has 0 unspecified atom stereocenters. The summed E-state index contributed by atoms with van der Waals surface area (Å²) in [4.78, 5) is 0. The minimum Gasteiger partial charge on any atom is -0.0840 e. The Balaban J connectivity index is 2.96. The summed E-state index contributed by atoms with van der Waals surface area (Å²) in [7, 11) is 0. The fraction of sp³-hybridized carbons (Fsp3) is 0.364. The van der Waals surface area contributed by atoms with Crippen molar-refractivity contribution in [3.63, 3.8) is 0 Å². The summed E-state index contributed by atoms with van der Waals surface area (Å²) in [5.41, 5.74) is 2.54. The standard InChI is InChI=1S/C11H14Cl/c1-8(2)7-10-9(3)5-4-6-11(10)12/h4-6H,7H2,1-3H3. The lowest BCUT2D eigenvalue weighted by molar-refractivity contribution is 0.947. The number of aryl methyl sites for hydroxylation is 1. The molecule has 0 saturated carbocycles. The molecule has 1 heteroatoms. The van der Waals surface area contributed by atoms with Crippen LogP contribution in [0.1, 0.15) is 25.0 Å². The monoisotopic (exact) mass is 181 g/mol. The van der Waals surface area contributed by atoms with Crippen LogP contribution >= 0.6 is 11.6 Å². The van der Waals surface area contributed by atoms with Gasteiger partial charge in [-0.1, -0.05) is 37.6 Å². The zero-order valence-electron chi connectivity index (χ0n) is 7.82. The maximum absolute atomic E-state index is 6.06.